The normalized spacial score (nSPS) is 10.7. The molecule has 5 nitrogen and oxygen atoms in total. The minimum Gasteiger partial charge on any atom is -0.481 e. The zero-order chi connectivity index (χ0) is 25.5. The second kappa shape index (κ2) is 11.6. The van der Waals surface area contributed by atoms with Gasteiger partial charge >= 0.3 is 5.97 Å². The summed E-state index contributed by atoms with van der Waals surface area (Å²) in [5.74, 6) is -1.35. The second-order valence-corrected chi connectivity index (χ2v) is 8.82. The first-order chi connectivity index (χ1) is 17.4. The number of hydrogen-bond donors (Lipinski definition) is 2. The largest absolute Gasteiger partial charge is 0.481 e. The number of halogens is 2. The van der Waals surface area contributed by atoms with Crippen LogP contribution in [0.2, 0.25) is 5.02 Å². The van der Waals surface area contributed by atoms with Gasteiger partial charge < -0.3 is 10.4 Å². The number of anilines is 1. The minimum atomic E-state index is -0.917. The Balaban J connectivity index is 1.40. The summed E-state index contributed by atoms with van der Waals surface area (Å²) >= 11 is 6.37. The molecule has 0 aliphatic heterocycles. The number of carboxylic acids is 1. The molecular formula is C29H24ClFN2O3. The van der Waals surface area contributed by atoms with E-state index in [2.05, 4.69) is 10.3 Å². The number of nitrogens with one attached hydrogen (secondary N) is 1. The predicted octanol–water partition coefficient (Wildman–Crippen LogP) is 7.26. The molecule has 0 radical (unpaired) electrons. The monoisotopic (exact) mass is 502 g/mol. The molecule has 7 heteroatoms. The van der Waals surface area contributed by atoms with Crippen molar-refractivity contribution in [1.82, 2.24) is 4.98 Å². The molecule has 182 valence electrons. The Bertz CT molecular complexity index is 1360. The number of pyridine rings is 1. The van der Waals surface area contributed by atoms with E-state index in [9.17, 15) is 14.0 Å². The van der Waals surface area contributed by atoms with Crippen molar-refractivity contribution in [1.29, 1.82) is 0 Å². The van der Waals surface area contributed by atoms with E-state index < -0.39 is 5.97 Å². The summed E-state index contributed by atoms with van der Waals surface area (Å²) in [5.41, 5.74) is 5.89. The molecule has 0 amide bonds. The Hall–Kier alpha value is -4.03. The van der Waals surface area contributed by atoms with E-state index >= 15 is 0 Å². The summed E-state index contributed by atoms with van der Waals surface area (Å²) in [6.07, 6.45) is 2.02. The number of ketones is 1. The van der Waals surface area contributed by atoms with Crippen LogP contribution in [-0.4, -0.2) is 21.8 Å². The van der Waals surface area contributed by atoms with Gasteiger partial charge in [-0.2, -0.15) is 0 Å². The molecule has 0 unspecified atom stereocenters. The van der Waals surface area contributed by atoms with Crippen LogP contribution in [0.3, 0.4) is 0 Å². The number of benzene rings is 3. The van der Waals surface area contributed by atoms with Crippen molar-refractivity contribution >= 4 is 29.0 Å². The van der Waals surface area contributed by atoms with Crippen molar-refractivity contribution in [2.75, 3.05) is 5.32 Å². The lowest BCUT2D eigenvalue weighted by molar-refractivity contribution is -0.137. The van der Waals surface area contributed by atoms with Gasteiger partial charge in [0.15, 0.2) is 5.78 Å². The predicted molar refractivity (Wildman–Crippen MR) is 140 cm³/mol. The van der Waals surface area contributed by atoms with E-state index in [4.69, 9.17) is 16.7 Å². The van der Waals surface area contributed by atoms with Gasteiger partial charge in [0, 0.05) is 41.9 Å². The summed E-state index contributed by atoms with van der Waals surface area (Å²) in [7, 11) is 0. The van der Waals surface area contributed by atoms with Crippen molar-refractivity contribution in [3.63, 3.8) is 0 Å². The van der Waals surface area contributed by atoms with Gasteiger partial charge in [0.1, 0.15) is 11.5 Å². The molecule has 36 heavy (non-hydrogen) atoms. The maximum atomic E-state index is 13.2. The van der Waals surface area contributed by atoms with Gasteiger partial charge in [0.25, 0.3) is 0 Å². The third-order valence-corrected chi connectivity index (χ3v) is 5.91. The summed E-state index contributed by atoms with van der Waals surface area (Å²) in [4.78, 5) is 27.1. The number of aliphatic carboxylic acids is 1. The topological polar surface area (TPSA) is 79.3 Å². The van der Waals surface area contributed by atoms with Gasteiger partial charge in [-0.25, -0.2) is 4.39 Å². The fourth-order valence-electron chi connectivity index (χ4n) is 3.80. The van der Waals surface area contributed by atoms with Gasteiger partial charge in [-0.3, -0.25) is 14.6 Å². The first-order valence-electron chi connectivity index (χ1n) is 11.5. The van der Waals surface area contributed by atoms with Crippen LogP contribution in [0.1, 0.15) is 35.3 Å². The number of carboxylic acid groups (broad SMARTS) is 1. The molecule has 0 aliphatic rings. The van der Waals surface area contributed by atoms with E-state index in [0.717, 1.165) is 33.5 Å². The van der Waals surface area contributed by atoms with Gasteiger partial charge in [-0.1, -0.05) is 41.9 Å². The molecular weight excluding hydrogens is 479 g/mol. The van der Waals surface area contributed by atoms with Gasteiger partial charge in [-0.15, -0.1) is 0 Å². The van der Waals surface area contributed by atoms with Crippen molar-refractivity contribution in [3.8, 4) is 22.3 Å². The van der Waals surface area contributed by atoms with E-state index in [0.29, 0.717) is 17.3 Å². The van der Waals surface area contributed by atoms with Crippen LogP contribution in [0.25, 0.3) is 22.3 Å². The Morgan fingerprint density at radius 2 is 1.50 bits per heavy atom. The van der Waals surface area contributed by atoms with Gasteiger partial charge in [0.05, 0.1) is 0 Å². The third kappa shape index (κ3) is 6.77. The standard InChI is InChI=1S/C29H24ClFN2O3/c30-24-15-19(17-32-26-11-6-21(7-12-26)20-4-9-25(31)10-5-20)14-23(16-24)22-8-13-27(33-18-22)28(34)2-1-3-29(35)36/h4-16,18,32H,1-3,17H2,(H,35,36). The number of hydrogen-bond acceptors (Lipinski definition) is 4. The molecule has 0 spiro atoms. The highest BCUT2D eigenvalue weighted by atomic mass is 35.5. The number of rotatable bonds is 10. The van der Waals surface area contributed by atoms with Crippen LogP contribution in [0.4, 0.5) is 10.1 Å². The van der Waals surface area contributed by atoms with Crippen LogP contribution in [0.5, 0.6) is 0 Å². The molecule has 1 aromatic heterocycles. The molecule has 4 rings (SSSR count). The molecule has 4 aromatic rings. The zero-order valence-corrected chi connectivity index (χ0v) is 20.1. The van der Waals surface area contributed by atoms with Crippen molar-refractivity contribution in [2.45, 2.75) is 25.8 Å². The number of nitrogens with zero attached hydrogens (tertiary/aromatic N) is 1. The SMILES string of the molecule is O=C(O)CCCC(=O)c1ccc(-c2cc(Cl)cc(CNc3ccc(-c4ccc(F)cc4)cc3)c2)cn1. The van der Waals surface area contributed by atoms with Crippen molar-refractivity contribution in [2.24, 2.45) is 0 Å². The molecule has 3 aromatic carbocycles. The van der Waals surface area contributed by atoms with Crippen LogP contribution in [0.15, 0.2) is 85.1 Å². The summed E-state index contributed by atoms with van der Waals surface area (Å²) in [6.45, 7) is 0.553. The molecule has 0 fully saturated rings. The fraction of sp³-hybridized carbons (Fsp3) is 0.138. The number of aromatic nitrogens is 1. The minimum absolute atomic E-state index is 0.0401. The Kier molecular flexibility index (Phi) is 8.08. The third-order valence-electron chi connectivity index (χ3n) is 5.69. The summed E-state index contributed by atoms with van der Waals surface area (Å²) in [5, 5.41) is 12.7. The maximum Gasteiger partial charge on any atom is 0.303 e. The molecule has 0 atom stereocenters. The van der Waals surface area contributed by atoms with Gasteiger partial charge in [0.2, 0.25) is 0 Å². The molecule has 0 aliphatic carbocycles. The number of carbonyl (C=O) groups is 2. The van der Waals surface area contributed by atoms with Gasteiger partial charge in [-0.05, 0) is 77.2 Å². The summed E-state index contributed by atoms with van der Waals surface area (Å²) < 4.78 is 13.2. The van der Waals surface area contributed by atoms with Crippen LogP contribution in [-0.2, 0) is 11.3 Å². The van der Waals surface area contributed by atoms with Crippen molar-refractivity contribution in [3.05, 3.63) is 107 Å². The molecule has 0 saturated carbocycles. The molecule has 1 heterocycles. The first-order valence-corrected chi connectivity index (χ1v) is 11.9. The van der Waals surface area contributed by atoms with E-state index in [1.807, 2.05) is 48.5 Å². The molecule has 0 bridgehead atoms. The average molecular weight is 503 g/mol. The highest BCUT2D eigenvalue weighted by molar-refractivity contribution is 6.31. The quantitative estimate of drug-likeness (QED) is 0.223. The molecule has 2 N–H and O–H groups in total. The van der Waals surface area contributed by atoms with Crippen LogP contribution >= 0.6 is 11.6 Å². The Morgan fingerprint density at radius 1 is 0.833 bits per heavy atom. The number of carbonyl (C=O) groups excluding carboxylic acids is 1. The first kappa shape index (κ1) is 25.1. The highest BCUT2D eigenvalue weighted by Gasteiger charge is 2.10. The lowest BCUT2D eigenvalue weighted by Gasteiger charge is -2.11. The Labute approximate surface area is 213 Å². The summed E-state index contributed by atoms with van der Waals surface area (Å²) in [6, 6.07) is 23.5. The number of Topliss-reactive ketones (excluding diaryl/α,β-unsaturated/α-hetero) is 1. The van der Waals surface area contributed by atoms with Crippen LogP contribution in [0, 0.1) is 5.82 Å². The average Bonchev–Trinajstić information content (AvgIpc) is 2.88. The maximum absolute atomic E-state index is 13.2. The van der Waals surface area contributed by atoms with E-state index in [1.54, 1.807) is 24.4 Å². The smallest absolute Gasteiger partial charge is 0.303 e. The lowest BCUT2D eigenvalue weighted by atomic mass is 10.0. The molecule has 0 saturated heterocycles. The highest BCUT2D eigenvalue weighted by Crippen LogP contribution is 2.26. The van der Waals surface area contributed by atoms with E-state index in [-0.39, 0.29) is 30.9 Å². The zero-order valence-electron chi connectivity index (χ0n) is 19.4. The van der Waals surface area contributed by atoms with Crippen LogP contribution < -0.4 is 5.32 Å². The fourth-order valence-corrected chi connectivity index (χ4v) is 4.06. The van der Waals surface area contributed by atoms with Crippen molar-refractivity contribution < 1.29 is 19.1 Å². The Morgan fingerprint density at radius 3 is 2.14 bits per heavy atom. The second-order valence-electron chi connectivity index (χ2n) is 8.39. The lowest BCUT2D eigenvalue weighted by Crippen LogP contribution is -2.04. The van der Waals surface area contributed by atoms with E-state index in [1.165, 1.54) is 12.1 Å².